The molecule has 1 aromatic rings. The van der Waals surface area contributed by atoms with Crippen molar-refractivity contribution in [3.63, 3.8) is 0 Å². The van der Waals surface area contributed by atoms with Crippen LogP contribution < -0.4 is 10.6 Å². The first-order chi connectivity index (χ1) is 14.9. The number of unbranched alkanes of at least 4 members (excludes halogenated alkanes) is 1. The minimum Gasteiger partial charge on any atom is -0.396 e. The van der Waals surface area contributed by atoms with E-state index in [1.54, 1.807) is 24.3 Å². The number of fused-ring (bicyclic) bond motifs is 1. The van der Waals surface area contributed by atoms with E-state index in [-0.39, 0.29) is 23.2 Å². The molecule has 31 heavy (non-hydrogen) atoms. The van der Waals surface area contributed by atoms with Gasteiger partial charge in [0.25, 0.3) is 0 Å². The van der Waals surface area contributed by atoms with Gasteiger partial charge in [-0.2, -0.15) is 0 Å². The van der Waals surface area contributed by atoms with E-state index in [1.165, 1.54) is 11.9 Å². The van der Waals surface area contributed by atoms with E-state index >= 15 is 0 Å². The van der Waals surface area contributed by atoms with Crippen molar-refractivity contribution in [1.82, 2.24) is 10.2 Å². The number of carbonyl (C=O) groups is 3. The van der Waals surface area contributed by atoms with Crippen molar-refractivity contribution in [3.05, 3.63) is 29.3 Å². The molecule has 3 saturated heterocycles. The van der Waals surface area contributed by atoms with Gasteiger partial charge in [-0.3, -0.25) is 14.4 Å². The number of amides is 3. The number of anilines is 1. The molecule has 6 atom stereocenters. The highest BCUT2D eigenvalue weighted by Gasteiger charge is 2.76. The van der Waals surface area contributed by atoms with Gasteiger partial charge in [-0.05, 0) is 31.4 Å². The summed E-state index contributed by atoms with van der Waals surface area (Å²) in [7, 11) is 1.53. The third kappa shape index (κ3) is 3.55. The predicted octanol–water partition coefficient (Wildman–Crippen LogP) is 1.54. The molecule has 0 aromatic heterocycles. The van der Waals surface area contributed by atoms with Crippen LogP contribution in [-0.4, -0.2) is 70.5 Å². The number of hydrogen-bond acceptors (Lipinski definition) is 5. The molecule has 3 fully saturated rings. The van der Waals surface area contributed by atoms with E-state index in [0.717, 1.165) is 0 Å². The molecule has 3 aliphatic heterocycles. The van der Waals surface area contributed by atoms with Crippen molar-refractivity contribution in [1.29, 1.82) is 0 Å². The molecule has 0 saturated carbocycles. The number of likely N-dealkylation sites (tertiary alicyclic amines) is 1. The molecule has 3 N–H and O–H groups in total. The number of nitrogens with zero attached hydrogens (tertiary/aromatic N) is 1. The first kappa shape index (κ1) is 22.5. The van der Waals surface area contributed by atoms with Crippen molar-refractivity contribution in [2.24, 2.45) is 11.8 Å². The summed E-state index contributed by atoms with van der Waals surface area (Å²) < 4.78 is 6.33. The average Bonchev–Trinajstić information content (AvgIpc) is 3.33. The van der Waals surface area contributed by atoms with Crippen LogP contribution in [0.25, 0.3) is 0 Å². The number of alkyl halides is 1. The normalized spacial score (nSPS) is 33.5. The second-order valence-electron chi connectivity index (χ2n) is 8.21. The Morgan fingerprint density at radius 1 is 1.32 bits per heavy atom. The summed E-state index contributed by atoms with van der Waals surface area (Å²) in [6, 6.07) is 5.98. The van der Waals surface area contributed by atoms with Crippen molar-refractivity contribution in [2.75, 3.05) is 25.5 Å². The number of halogens is 2. The molecular formula is C21H25BrClN3O5. The zero-order chi connectivity index (χ0) is 22.3. The molecule has 1 aromatic carbocycles. The van der Waals surface area contributed by atoms with Crippen LogP contribution in [0.3, 0.4) is 0 Å². The van der Waals surface area contributed by atoms with Crippen LogP contribution in [0.5, 0.6) is 0 Å². The second-order valence-corrected chi connectivity index (χ2v) is 9.79. The fraction of sp³-hybridized carbons (Fsp3) is 0.571. The summed E-state index contributed by atoms with van der Waals surface area (Å²) in [6.45, 7) is 0.287. The fourth-order valence-corrected chi connectivity index (χ4v) is 6.42. The fourth-order valence-electron chi connectivity index (χ4n) is 5.29. The summed E-state index contributed by atoms with van der Waals surface area (Å²) in [4.78, 5) is 41.1. The number of benzene rings is 1. The molecule has 10 heteroatoms. The SMILES string of the molecule is CNC(=O)[C@H]1[C@@H]2OC3(CC2Br)C(C(=O)Nc2ccccc2Cl)N(CCCCO)C(=O)[C@H]13. The van der Waals surface area contributed by atoms with Gasteiger partial charge in [0, 0.05) is 25.0 Å². The molecule has 3 aliphatic rings. The maximum Gasteiger partial charge on any atom is 0.250 e. The number of aliphatic hydroxyl groups excluding tert-OH is 1. The highest BCUT2D eigenvalue weighted by molar-refractivity contribution is 9.09. The van der Waals surface area contributed by atoms with Gasteiger partial charge in [0.2, 0.25) is 17.7 Å². The molecule has 0 aliphatic carbocycles. The quantitative estimate of drug-likeness (QED) is 0.378. The lowest BCUT2D eigenvalue weighted by molar-refractivity contribution is -0.140. The van der Waals surface area contributed by atoms with Crippen LogP contribution in [0, 0.1) is 11.8 Å². The Bertz CT molecular complexity index is 902. The van der Waals surface area contributed by atoms with Gasteiger partial charge in [0.15, 0.2) is 0 Å². The van der Waals surface area contributed by atoms with Crippen molar-refractivity contribution in [3.8, 4) is 0 Å². The monoisotopic (exact) mass is 513 g/mol. The Balaban J connectivity index is 1.71. The summed E-state index contributed by atoms with van der Waals surface area (Å²) in [6.07, 6.45) is 0.999. The summed E-state index contributed by atoms with van der Waals surface area (Å²) in [5, 5.41) is 15.0. The third-order valence-electron chi connectivity index (χ3n) is 6.53. The number of ether oxygens (including phenoxy) is 1. The Morgan fingerprint density at radius 2 is 2.06 bits per heavy atom. The van der Waals surface area contributed by atoms with E-state index in [2.05, 4.69) is 26.6 Å². The zero-order valence-electron chi connectivity index (χ0n) is 17.0. The third-order valence-corrected chi connectivity index (χ3v) is 7.70. The van der Waals surface area contributed by atoms with Crippen LogP contribution in [0.15, 0.2) is 24.3 Å². The maximum absolute atomic E-state index is 13.5. The van der Waals surface area contributed by atoms with Gasteiger partial charge in [-0.25, -0.2) is 0 Å². The molecule has 1 spiro atoms. The van der Waals surface area contributed by atoms with Crippen molar-refractivity contribution >= 4 is 50.9 Å². The Kier molecular flexibility index (Phi) is 6.31. The first-order valence-corrected chi connectivity index (χ1v) is 11.6. The largest absolute Gasteiger partial charge is 0.396 e. The molecule has 3 heterocycles. The van der Waals surface area contributed by atoms with Gasteiger partial charge in [0.1, 0.15) is 11.6 Å². The second kappa shape index (κ2) is 8.69. The first-order valence-electron chi connectivity index (χ1n) is 10.4. The van der Waals surface area contributed by atoms with E-state index < -0.39 is 35.5 Å². The summed E-state index contributed by atoms with van der Waals surface area (Å²) >= 11 is 9.83. The Labute approximate surface area is 193 Å². The van der Waals surface area contributed by atoms with E-state index in [4.69, 9.17) is 16.3 Å². The maximum atomic E-state index is 13.5. The number of para-hydroxylation sites is 1. The standard InChI is InChI=1S/C21H25BrClN3O5/c1-24-18(28)14-15-20(30)26(8-4-5-9-27)17(21(15)10-11(22)16(14)31-21)19(29)25-13-7-3-2-6-12(13)23/h2-3,6-7,11,14-17,27H,4-5,8-10H2,1H3,(H,24,28)(H,25,29)/t11?,14-,15+,16-,17?,21?/m1/s1. The van der Waals surface area contributed by atoms with Crippen LogP contribution >= 0.6 is 27.5 Å². The minimum absolute atomic E-state index is 0.00397. The van der Waals surface area contributed by atoms with E-state index in [0.29, 0.717) is 36.5 Å². The van der Waals surface area contributed by atoms with Gasteiger partial charge < -0.3 is 25.4 Å². The lowest BCUT2D eigenvalue weighted by Gasteiger charge is -2.34. The molecule has 4 rings (SSSR count). The van der Waals surface area contributed by atoms with Gasteiger partial charge in [-0.15, -0.1) is 0 Å². The summed E-state index contributed by atoms with van der Waals surface area (Å²) in [5.74, 6) is -2.33. The molecule has 168 valence electrons. The molecule has 3 unspecified atom stereocenters. The lowest BCUT2D eigenvalue weighted by atomic mass is 9.70. The number of aliphatic hydroxyl groups is 1. The molecule has 8 nitrogen and oxygen atoms in total. The Hall–Kier alpha value is -1.68. The van der Waals surface area contributed by atoms with Crippen LogP contribution in [0.4, 0.5) is 5.69 Å². The topological polar surface area (TPSA) is 108 Å². The number of hydrogen-bond donors (Lipinski definition) is 3. The molecular weight excluding hydrogens is 490 g/mol. The number of nitrogens with one attached hydrogen (secondary N) is 2. The highest BCUT2D eigenvalue weighted by atomic mass is 79.9. The smallest absolute Gasteiger partial charge is 0.250 e. The molecule has 3 amide bonds. The van der Waals surface area contributed by atoms with E-state index in [9.17, 15) is 19.5 Å². The van der Waals surface area contributed by atoms with Crippen molar-refractivity contribution in [2.45, 2.75) is 41.8 Å². The van der Waals surface area contributed by atoms with Gasteiger partial charge in [0.05, 0.1) is 28.6 Å². The zero-order valence-corrected chi connectivity index (χ0v) is 19.4. The van der Waals surface area contributed by atoms with Crippen molar-refractivity contribution < 1.29 is 24.2 Å². The van der Waals surface area contributed by atoms with E-state index in [1.807, 2.05) is 0 Å². The highest BCUT2D eigenvalue weighted by Crippen LogP contribution is 2.60. The molecule has 0 radical (unpaired) electrons. The lowest BCUT2D eigenvalue weighted by Crippen LogP contribution is -2.54. The average molecular weight is 515 g/mol. The number of rotatable bonds is 7. The minimum atomic E-state index is -1.10. The Morgan fingerprint density at radius 3 is 2.74 bits per heavy atom. The van der Waals surface area contributed by atoms with Gasteiger partial charge >= 0.3 is 0 Å². The molecule has 2 bridgehead atoms. The van der Waals surface area contributed by atoms with Crippen LogP contribution in [0.2, 0.25) is 5.02 Å². The number of carbonyl (C=O) groups excluding carboxylic acids is 3. The van der Waals surface area contributed by atoms with Crippen LogP contribution in [0.1, 0.15) is 19.3 Å². The predicted molar refractivity (Wildman–Crippen MR) is 118 cm³/mol. The van der Waals surface area contributed by atoms with Crippen LogP contribution in [-0.2, 0) is 19.1 Å². The summed E-state index contributed by atoms with van der Waals surface area (Å²) in [5.41, 5.74) is -0.653. The van der Waals surface area contributed by atoms with Gasteiger partial charge in [-0.1, -0.05) is 39.7 Å².